The van der Waals surface area contributed by atoms with Crippen LogP contribution >= 0.6 is 0 Å². The molecule has 2 aliphatic rings. The highest BCUT2D eigenvalue weighted by molar-refractivity contribution is 6.20. The Bertz CT molecular complexity index is 841. The lowest BCUT2D eigenvalue weighted by Crippen LogP contribution is -2.53. The molecule has 0 aliphatic carbocycles. The molecule has 23 heavy (non-hydrogen) atoms. The zero-order chi connectivity index (χ0) is 16.0. The normalized spacial score (nSPS) is 22.3. The average molecular weight is 305 g/mol. The SMILES string of the molecule is CN1C(=O)C2(Cc3ccccc3)OC(=O)C=C2c2ccccc21. The molecule has 1 atom stereocenters. The maximum Gasteiger partial charge on any atom is 0.332 e. The summed E-state index contributed by atoms with van der Waals surface area (Å²) < 4.78 is 5.57. The van der Waals surface area contributed by atoms with E-state index in [9.17, 15) is 9.59 Å². The van der Waals surface area contributed by atoms with E-state index in [4.69, 9.17) is 4.74 Å². The number of hydrogen-bond acceptors (Lipinski definition) is 3. The fraction of sp³-hybridized carbons (Fsp3) is 0.158. The Morgan fingerprint density at radius 3 is 2.48 bits per heavy atom. The molecule has 0 saturated carbocycles. The lowest BCUT2D eigenvalue weighted by molar-refractivity contribution is -0.153. The minimum atomic E-state index is -1.26. The number of fused-ring (bicyclic) bond motifs is 3. The second-order valence-corrected chi connectivity index (χ2v) is 5.85. The molecule has 0 fully saturated rings. The zero-order valence-electron chi connectivity index (χ0n) is 12.7. The molecule has 0 spiro atoms. The summed E-state index contributed by atoms with van der Waals surface area (Å²) in [4.78, 5) is 26.6. The Balaban J connectivity index is 1.90. The average Bonchev–Trinajstić information content (AvgIpc) is 2.91. The topological polar surface area (TPSA) is 46.6 Å². The summed E-state index contributed by atoms with van der Waals surface area (Å²) >= 11 is 0. The first-order valence-corrected chi connectivity index (χ1v) is 7.48. The predicted octanol–water partition coefficient (Wildman–Crippen LogP) is 2.58. The van der Waals surface area contributed by atoms with Crippen molar-refractivity contribution >= 4 is 23.1 Å². The summed E-state index contributed by atoms with van der Waals surface area (Å²) in [6.45, 7) is 0. The molecule has 0 saturated heterocycles. The van der Waals surface area contributed by atoms with Gasteiger partial charge in [0.1, 0.15) is 0 Å². The first-order chi connectivity index (χ1) is 11.1. The number of benzene rings is 2. The lowest BCUT2D eigenvalue weighted by atomic mass is 9.79. The van der Waals surface area contributed by atoms with Crippen molar-refractivity contribution in [2.45, 2.75) is 12.0 Å². The summed E-state index contributed by atoms with van der Waals surface area (Å²) in [5.74, 6) is -0.675. The summed E-state index contributed by atoms with van der Waals surface area (Å²) in [5, 5.41) is 0. The van der Waals surface area contributed by atoms with Crippen LogP contribution in [0.4, 0.5) is 5.69 Å². The third-order valence-corrected chi connectivity index (χ3v) is 4.47. The van der Waals surface area contributed by atoms with Gasteiger partial charge >= 0.3 is 5.97 Å². The number of carbonyl (C=O) groups excluding carboxylic acids is 2. The zero-order valence-corrected chi connectivity index (χ0v) is 12.7. The smallest absolute Gasteiger partial charge is 0.332 e. The summed E-state index contributed by atoms with van der Waals surface area (Å²) in [6, 6.07) is 17.2. The van der Waals surface area contributed by atoms with Crippen LogP contribution in [0.25, 0.3) is 5.57 Å². The van der Waals surface area contributed by atoms with Gasteiger partial charge in [0.2, 0.25) is 5.60 Å². The van der Waals surface area contributed by atoms with Gasteiger partial charge < -0.3 is 9.64 Å². The van der Waals surface area contributed by atoms with Gasteiger partial charge in [-0.05, 0) is 11.6 Å². The van der Waals surface area contributed by atoms with Crippen LogP contribution < -0.4 is 4.90 Å². The van der Waals surface area contributed by atoms with Crippen molar-refractivity contribution in [2.24, 2.45) is 0 Å². The molecule has 0 bridgehead atoms. The van der Waals surface area contributed by atoms with Crippen molar-refractivity contribution in [1.29, 1.82) is 0 Å². The molecule has 0 radical (unpaired) electrons. The molecule has 4 rings (SSSR count). The molecule has 114 valence electrons. The maximum absolute atomic E-state index is 13.0. The number of likely N-dealkylation sites (N-methyl/N-ethyl adjacent to an activating group) is 1. The van der Waals surface area contributed by atoms with Gasteiger partial charge in [-0.2, -0.15) is 0 Å². The lowest BCUT2D eigenvalue weighted by Gasteiger charge is -2.39. The number of nitrogens with zero attached hydrogens (tertiary/aromatic N) is 1. The first kappa shape index (κ1) is 13.8. The van der Waals surface area contributed by atoms with Crippen molar-refractivity contribution in [2.75, 3.05) is 11.9 Å². The fourth-order valence-electron chi connectivity index (χ4n) is 3.41. The molecule has 2 aromatic rings. The summed E-state index contributed by atoms with van der Waals surface area (Å²) in [5.41, 5.74) is 2.02. The predicted molar refractivity (Wildman–Crippen MR) is 86.8 cm³/mol. The van der Waals surface area contributed by atoms with Crippen LogP contribution in [0.2, 0.25) is 0 Å². The number of rotatable bonds is 2. The number of hydrogen-bond donors (Lipinski definition) is 0. The minimum Gasteiger partial charge on any atom is -0.440 e. The number of esters is 1. The number of ether oxygens (including phenoxy) is 1. The van der Waals surface area contributed by atoms with Gasteiger partial charge in [-0.25, -0.2) is 4.79 Å². The first-order valence-electron chi connectivity index (χ1n) is 7.48. The van der Waals surface area contributed by atoms with Crippen molar-refractivity contribution in [3.63, 3.8) is 0 Å². The molecule has 1 unspecified atom stereocenters. The van der Waals surface area contributed by atoms with E-state index in [1.807, 2.05) is 54.6 Å². The van der Waals surface area contributed by atoms with Crippen LogP contribution in [0.3, 0.4) is 0 Å². The second-order valence-electron chi connectivity index (χ2n) is 5.85. The van der Waals surface area contributed by atoms with Crippen molar-refractivity contribution < 1.29 is 14.3 Å². The molecule has 0 aromatic heterocycles. The molecule has 1 amide bonds. The fourth-order valence-corrected chi connectivity index (χ4v) is 3.41. The molecule has 4 heteroatoms. The number of para-hydroxylation sites is 1. The van der Waals surface area contributed by atoms with Gasteiger partial charge in [0.05, 0.1) is 5.69 Å². The summed E-state index contributed by atoms with van der Waals surface area (Å²) in [7, 11) is 1.72. The third-order valence-electron chi connectivity index (χ3n) is 4.47. The quantitative estimate of drug-likeness (QED) is 0.801. The van der Waals surface area contributed by atoms with Gasteiger partial charge in [-0.15, -0.1) is 0 Å². The molecular formula is C19H15NO3. The molecule has 2 aromatic carbocycles. The standard InChI is InChI=1S/C19H15NO3/c1-20-16-10-6-5-9-14(16)15-11-17(21)23-19(15,18(20)22)12-13-7-3-2-4-8-13/h2-11H,12H2,1H3. The highest BCUT2D eigenvalue weighted by Crippen LogP contribution is 2.47. The van der Waals surface area contributed by atoms with Gasteiger partial charge in [0, 0.05) is 30.7 Å². The van der Waals surface area contributed by atoms with Crippen LogP contribution in [-0.2, 0) is 20.7 Å². The Hall–Kier alpha value is -2.88. The van der Waals surface area contributed by atoms with Gasteiger partial charge in [-0.3, -0.25) is 4.79 Å². The third kappa shape index (κ3) is 1.91. The molecular weight excluding hydrogens is 290 g/mol. The monoisotopic (exact) mass is 305 g/mol. The van der Waals surface area contributed by atoms with Crippen LogP contribution in [0.5, 0.6) is 0 Å². The maximum atomic E-state index is 13.0. The second kappa shape index (κ2) is 4.81. The number of carbonyl (C=O) groups is 2. The number of amides is 1. The van der Waals surface area contributed by atoms with Crippen LogP contribution in [0, 0.1) is 0 Å². The van der Waals surface area contributed by atoms with Crippen molar-refractivity contribution in [3.05, 3.63) is 71.8 Å². The van der Waals surface area contributed by atoms with Gasteiger partial charge in [-0.1, -0.05) is 48.5 Å². The van der Waals surface area contributed by atoms with Crippen LogP contribution in [-0.4, -0.2) is 24.5 Å². The highest BCUT2D eigenvalue weighted by atomic mass is 16.6. The van der Waals surface area contributed by atoms with E-state index in [1.165, 1.54) is 6.08 Å². The molecule has 4 nitrogen and oxygen atoms in total. The minimum absolute atomic E-state index is 0.211. The van der Waals surface area contributed by atoms with Gasteiger partial charge in [0.15, 0.2) is 0 Å². The molecule has 2 aliphatic heterocycles. The van der Waals surface area contributed by atoms with E-state index >= 15 is 0 Å². The molecule has 0 N–H and O–H groups in total. The summed E-state index contributed by atoms with van der Waals surface area (Å²) in [6.07, 6.45) is 1.79. The Kier molecular flexibility index (Phi) is 2.88. The van der Waals surface area contributed by atoms with E-state index in [2.05, 4.69) is 0 Å². The van der Waals surface area contributed by atoms with Crippen molar-refractivity contribution in [1.82, 2.24) is 0 Å². The Labute approximate surface area is 134 Å². The van der Waals surface area contributed by atoms with E-state index in [0.29, 0.717) is 12.0 Å². The van der Waals surface area contributed by atoms with E-state index < -0.39 is 11.6 Å². The highest BCUT2D eigenvalue weighted by Gasteiger charge is 2.55. The van der Waals surface area contributed by atoms with Gasteiger partial charge in [0.25, 0.3) is 5.91 Å². The number of anilines is 1. The van der Waals surface area contributed by atoms with Crippen molar-refractivity contribution in [3.8, 4) is 0 Å². The van der Waals surface area contributed by atoms with Crippen LogP contribution in [0.1, 0.15) is 11.1 Å². The Morgan fingerprint density at radius 1 is 1.00 bits per heavy atom. The van der Waals surface area contributed by atoms with E-state index in [-0.39, 0.29) is 5.91 Å². The van der Waals surface area contributed by atoms with E-state index in [1.54, 1.807) is 11.9 Å². The Morgan fingerprint density at radius 2 is 1.70 bits per heavy atom. The van der Waals surface area contributed by atoms with E-state index in [0.717, 1.165) is 16.8 Å². The largest absolute Gasteiger partial charge is 0.440 e. The van der Waals surface area contributed by atoms with Crippen LogP contribution in [0.15, 0.2) is 60.7 Å². The molecule has 2 heterocycles.